The van der Waals surface area contributed by atoms with Crippen LogP contribution >= 0.6 is 0 Å². The van der Waals surface area contributed by atoms with Gasteiger partial charge in [-0.3, -0.25) is 13.9 Å². The molecule has 0 aliphatic carbocycles. The Bertz CT molecular complexity index is 964. The lowest BCUT2D eigenvalue weighted by atomic mass is 10.2. The molecule has 0 saturated carbocycles. The average molecular weight is 383 g/mol. The van der Waals surface area contributed by atoms with E-state index in [0.29, 0.717) is 10.4 Å². The van der Waals surface area contributed by atoms with E-state index in [2.05, 4.69) is 5.32 Å². The Balaban J connectivity index is 2.23. The Morgan fingerprint density at radius 1 is 1.12 bits per heavy atom. The summed E-state index contributed by atoms with van der Waals surface area (Å²) in [4.78, 5) is 23.3. The van der Waals surface area contributed by atoms with Gasteiger partial charge in [-0.1, -0.05) is 6.07 Å². The highest BCUT2D eigenvalue weighted by Crippen LogP contribution is 2.20. The summed E-state index contributed by atoms with van der Waals surface area (Å²) >= 11 is 0. The minimum absolute atomic E-state index is 0.156. The van der Waals surface area contributed by atoms with Crippen LogP contribution in [0.1, 0.15) is 10.4 Å². The van der Waals surface area contributed by atoms with Gasteiger partial charge in [-0.25, -0.2) is 17.2 Å². The van der Waals surface area contributed by atoms with E-state index in [-0.39, 0.29) is 16.9 Å². The summed E-state index contributed by atoms with van der Waals surface area (Å²) in [7, 11) is -3.95. The van der Waals surface area contributed by atoms with Crippen LogP contribution in [0.4, 0.5) is 20.2 Å². The van der Waals surface area contributed by atoms with Crippen molar-refractivity contribution >= 4 is 33.2 Å². The molecule has 0 radical (unpaired) electrons. The topological polar surface area (TPSA) is 110 Å². The molecule has 0 fully saturated rings. The molecule has 0 aliphatic rings. The average Bonchev–Trinajstić information content (AvgIpc) is 2.54. The fraction of sp³-hybridized carbons (Fsp3) is 0.125. The second-order valence-corrected chi connectivity index (χ2v) is 7.27. The van der Waals surface area contributed by atoms with Gasteiger partial charge in [0.1, 0.15) is 6.54 Å². The van der Waals surface area contributed by atoms with Crippen molar-refractivity contribution in [2.24, 2.45) is 5.73 Å². The molecule has 2 aromatic carbocycles. The zero-order valence-corrected chi connectivity index (χ0v) is 14.4. The van der Waals surface area contributed by atoms with Gasteiger partial charge in [-0.2, -0.15) is 0 Å². The number of carbonyl (C=O) groups is 2. The molecule has 0 atom stereocenters. The molecule has 0 aliphatic heterocycles. The molecule has 3 N–H and O–H groups in total. The minimum atomic E-state index is -3.95. The van der Waals surface area contributed by atoms with Crippen molar-refractivity contribution in [1.82, 2.24) is 0 Å². The fourth-order valence-electron chi connectivity index (χ4n) is 2.12. The standard InChI is InChI=1S/C16H15F2N3O4S/c1-26(24,25)21(12-5-6-13(17)14(18)8-12)9-15(22)20-11-4-2-3-10(7-11)16(19)23/h2-8H,9H2,1H3,(H2,19,23)(H,20,22). The number of anilines is 2. The van der Waals surface area contributed by atoms with Crippen molar-refractivity contribution in [2.45, 2.75) is 0 Å². The maximum Gasteiger partial charge on any atom is 0.248 e. The van der Waals surface area contributed by atoms with Gasteiger partial charge in [-0.05, 0) is 30.3 Å². The number of halogens is 2. The summed E-state index contributed by atoms with van der Waals surface area (Å²) in [6.07, 6.45) is 0.829. The SMILES string of the molecule is CS(=O)(=O)N(CC(=O)Nc1cccc(C(N)=O)c1)c1ccc(F)c(F)c1. The van der Waals surface area contributed by atoms with Crippen molar-refractivity contribution in [3.63, 3.8) is 0 Å². The Kier molecular flexibility index (Phi) is 5.56. The molecular weight excluding hydrogens is 368 g/mol. The van der Waals surface area contributed by atoms with Gasteiger partial charge in [0.2, 0.25) is 21.8 Å². The van der Waals surface area contributed by atoms with Gasteiger partial charge in [0.15, 0.2) is 11.6 Å². The summed E-state index contributed by atoms with van der Waals surface area (Å²) in [6, 6.07) is 8.21. The van der Waals surface area contributed by atoms with Crippen molar-refractivity contribution in [3.05, 3.63) is 59.7 Å². The Morgan fingerprint density at radius 3 is 2.38 bits per heavy atom. The number of nitrogens with zero attached hydrogens (tertiary/aromatic N) is 1. The second-order valence-electron chi connectivity index (χ2n) is 5.36. The van der Waals surface area contributed by atoms with E-state index in [4.69, 9.17) is 5.73 Å². The molecular formula is C16H15F2N3O4S. The summed E-state index contributed by atoms with van der Waals surface area (Å²) in [5.41, 5.74) is 5.33. The largest absolute Gasteiger partial charge is 0.366 e. The molecule has 2 rings (SSSR count). The Hall–Kier alpha value is -3.01. The van der Waals surface area contributed by atoms with Crippen LogP contribution in [0.5, 0.6) is 0 Å². The first-order chi connectivity index (χ1) is 12.1. The molecule has 0 aromatic heterocycles. The number of hydrogen-bond donors (Lipinski definition) is 2. The summed E-state index contributed by atoms with van der Waals surface area (Å²) in [5.74, 6) is -3.83. The quantitative estimate of drug-likeness (QED) is 0.787. The number of nitrogens with two attached hydrogens (primary N) is 1. The number of rotatable bonds is 6. The molecule has 2 amide bonds. The molecule has 138 valence electrons. The molecule has 0 bridgehead atoms. The van der Waals surface area contributed by atoms with E-state index in [1.54, 1.807) is 0 Å². The van der Waals surface area contributed by atoms with E-state index in [1.165, 1.54) is 24.3 Å². The van der Waals surface area contributed by atoms with Crippen LogP contribution in [-0.4, -0.2) is 33.0 Å². The van der Waals surface area contributed by atoms with Crippen LogP contribution in [0.2, 0.25) is 0 Å². The summed E-state index contributed by atoms with van der Waals surface area (Å²) in [5, 5.41) is 2.41. The van der Waals surface area contributed by atoms with Gasteiger partial charge in [0.05, 0.1) is 11.9 Å². The second kappa shape index (κ2) is 7.48. The predicted molar refractivity (Wildman–Crippen MR) is 92.1 cm³/mol. The maximum absolute atomic E-state index is 13.4. The van der Waals surface area contributed by atoms with Crippen LogP contribution in [0.15, 0.2) is 42.5 Å². The number of benzene rings is 2. The zero-order chi connectivity index (χ0) is 19.5. The number of sulfonamides is 1. The van der Waals surface area contributed by atoms with E-state index in [9.17, 15) is 26.8 Å². The molecule has 0 spiro atoms. The third-order valence-electron chi connectivity index (χ3n) is 3.31. The number of nitrogens with one attached hydrogen (secondary N) is 1. The van der Waals surface area contributed by atoms with Gasteiger partial charge >= 0.3 is 0 Å². The molecule has 0 heterocycles. The van der Waals surface area contributed by atoms with Crippen LogP contribution in [0.25, 0.3) is 0 Å². The smallest absolute Gasteiger partial charge is 0.248 e. The van der Waals surface area contributed by atoms with Gasteiger partial charge in [-0.15, -0.1) is 0 Å². The van der Waals surface area contributed by atoms with Gasteiger partial charge in [0, 0.05) is 17.3 Å². The highest BCUT2D eigenvalue weighted by atomic mass is 32.2. The first kappa shape index (κ1) is 19.3. The van der Waals surface area contributed by atoms with Crippen LogP contribution in [0.3, 0.4) is 0 Å². The highest BCUT2D eigenvalue weighted by Gasteiger charge is 2.22. The Morgan fingerprint density at radius 2 is 1.81 bits per heavy atom. The van der Waals surface area contributed by atoms with Crippen molar-refractivity contribution in [3.8, 4) is 0 Å². The Labute approximate surface area is 148 Å². The van der Waals surface area contributed by atoms with Gasteiger partial charge < -0.3 is 11.1 Å². The molecule has 7 nitrogen and oxygen atoms in total. The van der Waals surface area contributed by atoms with Crippen molar-refractivity contribution in [1.29, 1.82) is 0 Å². The number of hydrogen-bond acceptors (Lipinski definition) is 4. The number of carbonyl (C=O) groups excluding carboxylic acids is 2. The first-order valence-corrected chi connectivity index (χ1v) is 9.05. The molecule has 0 saturated heterocycles. The first-order valence-electron chi connectivity index (χ1n) is 7.20. The number of amides is 2. The summed E-state index contributed by atoms with van der Waals surface area (Å²) in [6.45, 7) is -0.676. The zero-order valence-electron chi connectivity index (χ0n) is 13.6. The fourth-order valence-corrected chi connectivity index (χ4v) is 2.97. The van der Waals surface area contributed by atoms with E-state index in [0.717, 1.165) is 18.4 Å². The van der Waals surface area contributed by atoms with Gasteiger partial charge in [0.25, 0.3) is 0 Å². The lowest BCUT2D eigenvalue weighted by molar-refractivity contribution is -0.114. The molecule has 10 heteroatoms. The van der Waals surface area contributed by atoms with E-state index >= 15 is 0 Å². The van der Waals surface area contributed by atoms with Crippen molar-refractivity contribution < 1.29 is 26.8 Å². The minimum Gasteiger partial charge on any atom is -0.366 e. The predicted octanol–water partition coefficient (Wildman–Crippen LogP) is 1.47. The lowest BCUT2D eigenvalue weighted by Crippen LogP contribution is -2.37. The molecule has 0 unspecified atom stereocenters. The third kappa shape index (κ3) is 4.76. The van der Waals surface area contributed by atoms with Crippen LogP contribution < -0.4 is 15.4 Å². The monoisotopic (exact) mass is 383 g/mol. The highest BCUT2D eigenvalue weighted by molar-refractivity contribution is 7.92. The molecule has 2 aromatic rings. The molecule has 26 heavy (non-hydrogen) atoms. The number of primary amides is 1. The van der Waals surface area contributed by atoms with E-state index in [1.807, 2.05) is 0 Å². The third-order valence-corrected chi connectivity index (χ3v) is 4.45. The van der Waals surface area contributed by atoms with Crippen molar-refractivity contribution in [2.75, 3.05) is 22.4 Å². The normalized spacial score (nSPS) is 11.0. The van der Waals surface area contributed by atoms with Crippen LogP contribution in [0, 0.1) is 11.6 Å². The maximum atomic E-state index is 13.4. The van der Waals surface area contributed by atoms with Crippen LogP contribution in [-0.2, 0) is 14.8 Å². The van der Waals surface area contributed by atoms with E-state index < -0.39 is 40.0 Å². The summed E-state index contributed by atoms with van der Waals surface area (Å²) < 4.78 is 50.9. The lowest BCUT2D eigenvalue weighted by Gasteiger charge is -2.22.